The molecular formula is C14H20N2O2. The van der Waals surface area contributed by atoms with E-state index < -0.39 is 0 Å². The Bertz CT molecular complexity index is 416. The summed E-state index contributed by atoms with van der Waals surface area (Å²) in [7, 11) is 1.84. The largest absolute Gasteiger partial charge is 0.494 e. The van der Waals surface area contributed by atoms with E-state index in [0.29, 0.717) is 6.61 Å². The van der Waals surface area contributed by atoms with Crippen molar-refractivity contribution in [1.29, 1.82) is 0 Å². The van der Waals surface area contributed by atoms with Gasteiger partial charge < -0.3 is 9.64 Å². The van der Waals surface area contributed by atoms with E-state index in [1.165, 1.54) is 0 Å². The number of hydrogen-bond acceptors (Lipinski definition) is 3. The van der Waals surface area contributed by atoms with E-state index in [1.54, 1.807) is 4.90 Å². The first-order valence-corrected chi connectivity index (χ1v) is 6.42. The van der Waals surface area contributed by atoms with Crippen LogP contribution in [0, 0.1) is 0 Å². The smallest absolute Gasteiger partial charge is 0.241 e. The van der Waals surface area contributed by atoms with Gasteiger partial charge in [0.15, 0.2) is 0 Å². The summed E-state index contributed by atoms with van der Waals surface area (Å²) in [5, 5.41) is 3.34. The summed E-state index contributed by atoms with van der Waals surface area (Å²) >= 11 is 0. The standard InChI is InChI=1S/C14H20N2O2/c1-4-12-14(17)16(3)13(15-12)10-6-8-11(9-7-10)18-5-2/h6-9,12-13,15H,4-5H2,1-3H3. The Labute approximate surface area is 108 Å². The number of rotatable bonds is 4. The zero-order valence-electron chi connectivity index (χ0n) is 11.1. The molecule has 0 radical (unpaired) electrons. The number of benzene rings is 1. The second-order valence-corrected chi connectivity index (χ2v) is 4.48. The van der Waals surface area contributed by atoms with E-state index in [-0.39, 0.29) is 18.1 Å². The maximum atomic E-state index is 11.9. The minimum Gasteiger partial charge on any atom is -0.494 e. The molecule has 2 rings (SSSR count). The van der Waals surface area contributed by atoms with Crippen LogP contribution in [0.5, 0.6) is 5.75 Å². The van der Waals surface area contributed by atoms with Crippen LogP contribution in [-0.2, 0) is 4.79 Å². The first-order valence-electron chi connectivity index (χ1n) is 6.42. The van der Waals surface area contributed by atoms with Crippen LogP contribution in [0.25, 0.3) is 0 Å². The van der Waals surface area contributed by atoms with Gasteiger partial charge >= 0.3 is 0 Å². The Balaban J connectivity index is 2.14. The minimum atomic E-state index is -0.0634. The summed E-state index contributed by atoms with van der Waals surface area (Å²) in [6.07, 6.45) is 0.787. The third-order valence-corrected chi connectivity index (χ3v) is 3.31. The first kappa shape index (κ1) is 12.9. The van der Waals surface area contributed by atoms with Crippen molar-refractivity contribution in [2.24, 2.45) is 0 Å². The molecule has 1 saturated heterocycles. The first-order chi connectivity index (χ1) is 8.67. The molecule has 4 heteroatoms. The molecule has 98 valence electrons. The number of nitrogens with zero attached hydrogens (tertiary/aromatic N) is 1. The lowest BCUT2D eigenvalue weighted by Gasteiger charge is -2.19. The van der Waals surface area contributed by atoms with Crippen molar-refractivity contribution in [3.8, 4) is 5.75 Å². The molecule has 1 heterocycles. The molecule has 0 bridgehead atoms. The number of likely N-dealkylation sites (N-methyl/N-ethyl adjacent to an activating group) is 1. The normalized spacial score (nSPS) is 23.5. The average Bonchev–Trinajstić information content (AvgIpc) is 2.68. The molecule has 1 N–H and O–H groups in total. The van der Waals surface area contributed by atoms with Crippen LogP contribution < -0.4 is 10.1 Å². The molecule has 0 aliphatic carbocycles. The summed E-state index contributed by atoms with van der Waals surface area (Å²) in [6.45, 7) is 4.64. The Morgan fingerprint density at radius 3 is 2.44 bits per heavy atom. The topological polar surface area (TPSA) is 41.6 Å². The van der Waals surface area contributed by atoms with Crippen molar-refractivity contribution in [1.82, 2.24) is 10.2 Å². The van der Waals surface area contributed by atoms with Crippen molar-refractivity contribution in [2.45, 2.75) is 32.5 Å². The van der Waals surface area contributed by atoms with E-state index in [9.17, 15) is 4.79 Å². The summed E-state index contributed by atoms with van der Waals surface area (Å²) in [4.78, 5) is 13.7. The highest BCUT2D eigenvalue weighted by Gasteiger charge is 2.35. The van der Waals surface area contributed by atoms with Gasteiger partial charge in [0.05, 0.1) is 12.6 Å². The third kappa shape index (κ3) is 2.34. The van der Waals surface area contributed by atoms with E-state index >= 15 is 0 Å². The van der Waals surface area contributed by atoms with Crippen LogP contribution in [0.1, 0.15) is 32.0 Å². The monoisotopic (exact) mass is 248 g/mol. The van der Waals surface area contributed by atoms with Crippen LogP contribution >= 0.6 is 0 Å². The van der Waals surface area contributed by atoms with Gasteiger partial charge in [-0.2, -0.15) is 0 Å². The molecule has 0 spiro atoms. The number of amides is 1. The molecule has 0 saturated carbocycles. The van der Waals surface area contributed by atoms with Crippen molar-refractivity contribution in [2.75, 3.05) is 13.7 Å². The van der Waals surface area contributed by atoms with Gasteiger partial charge in [0, 0.05) is 7.05 Å². The zero-order valence-corrected chi connectivity index (χ0v) is 11.1. The Morgan fingerprint density at radius 2 is 1.94 bits per heavy atom. The number of hydrogen-bond donors (Lipinski definition) is 1. The second-order valence-electron chi connectivity index (χ2n) is 4.48. The summed E-state index contributed by atoms with van der Waals surface area (Å²) in [5.41, 5.74) is 1.09. The minimum absolute atomic E-state index is 0.0295. The number of carbonyl (C=O) groups is 1. The van der Waals surface area contributed by atoms with Crippen molar-refractivity contribution >= 4 is 5.91 Å². The van der Waals surface area contributed by atoms with E-state index in [2.05, 4.69) is 5.32 Å². The van der Waals surface area contributed by atoms with E-state index in [0.717, 1.165) is 17.7 Å². The fourth-order valence-corrected chi connectivity index (χ4v) is 2.27. The third-order valence-electron chi connectivity index (χ3n) is 3.31. The van der Waals surface area contributed by atoms with Crippen LogP contribution in [0.4, 0.5) is 0 Å². The lowest BCUT2D eigenvalue weighted by atomic mass is 10.1. The van der Waals surface area contributed by atoms with Crippen molar-refractivity contribution < 1.29 is 9.53 Å². The van der Waals surface area contributed by atoms with Gasteiger partial charge in [-0.25, -0.2) is 0 Å². The molecule has 18 heavy (non-hydrogen) atoms. The lowest BCUT2D eigenvalue weighted by molar-refractivity contribution is -0.128. The molecule has 1 aliphatic rings. The number of carbonyl (C=O) groups excluding carboxylic acids is 1. The number of ether oxygens (including phenoxy) is 1. The Hall–Kier alpha value is -1.55. The predicted molar refractivity (Wildman–Crippen MR) is 70.3 cm³/mol. The molecule has 1 aromatic carbocycles. The molecule has 2 atom stereocenters. The molecule has 2 unspecified atom stereocenters. The van der Waals surface area contributed by atoms with Crippen LogP contribution in [-0.4, -0.2) is 30.5 Å². The molecule has 1 amide bonds. The molecule has 4 nitrogen and oxygen atoms in total. The SMILES string of the molecule is CCOc1ccc(C2NC(CC)C(=O)N2C)cc1. The zero-order chi connectivity index (χ0) is 13.1. The molecule has 0 aromatic heterocycles. The van der Waals surface area contributed by atoms with Gasteiger partial charge in [0.25, 0.3) is 0 Å². The number of nitrogens with one attached hydrogen (secondary N) is 1. The lowest BCUT2D eigenvalue weighted by Crippen LogP contribution is -2.27. The molecule has 1 aromatic rings. The predicted octanol–water partition coefficient (Wildman–Crippen LogP) is 1.92. The summed E-state index contributed by atoms with van der Waals surface area (Å²) in [6, 6.07) is 7.83. The van der Waals surface area contributed by atoms with E-state index in [4.69, 9.17) is 4.74 Å². The second kappa shape index (κ2) is 5.40. The van der Waals surface area contributed by atoms with Gasteiger partial charge in [-0.1, -0.05) is 19.1 Å². The Kier molecular flexibility index (Phi) is 3.87. The quantitative estimate of drug-likeness (QED) is 0.885. The highest BCUT2D eigenvalue weighted by Crippen LogP contribution is 2.26. The fourth-order valence-electron chi connectivity index (χ4n) is 2.27. The van der Waals surface area contributed by atoms with Crippen molar-refractivity contribution in [3.63, 3.8) is 0 Å². The molecule has 1 aliphatic heterocycles. The van der Waals surface area contributed by atoms with Crippen molar-refractivity contribution in [3.05, 3.63) is 29.8 Å². The van der Waals surface area contributed by atoms with Gasteiger partial charge in [0.1, 0.15) is 11.9 Å². The van der Waals surface area contributed by atoms with Crippen LogP contribution in [0.2, 0.25) is 0 Å². The van der Waals surface area contributed by atoms with Gasteiger partial charge in [-0.3, -0.25) is 10.1 Å². The van der Waals surface area contributed by atoms with Gasteiger partial charge in [-0.15, -0.1) is 0 Å². The summed E-state index contributed by atoms with van der Waals surface area (Å²) < 4.78 is 5.41. The average molecular weight is 248 g/mol. The summed E-state index contributed by atoms with van der Waals surface area (Å²) in [5.74, 6) is 1.02. The Morgan fingerprint density at radius 1 is 1.28 bits per heavy atom. The fraction of sp³-hybridized carbons (Fsp3) is 0.500. The molecule has 1 fully saturated rings. The van der Waals surface area contributed by atoms with Crippen LogP contribution in [0.3, 0.4) is 0 Å². The van der Waals surface area contributed by atoms with E-state index in [1.807, 2.05) is 45.2 Å². The van der Waals surface area contributed by atoms with Crippen LogP contribution in [0.15, 0.2) is 24.3 Å². The highest BCUT2D eigenvalue weighted by atomic mass is 16.5. The van der Waals surface area contributed by atoms with Gasteiger partial charge in [-0.05, 0) is 31.0 Å². The van der Waals surface area contributed by atoms with Gasteiger partial charge in [0.2, 0.25) is 5.91 Å². The highest BCUT2D eigenvalue weighted by molar-refractivity contribution is 5.84. The maximum Gasteiger partial charge on any atom is 0.241 e. The molecular weight excluding hydrogens is 228 g/mol. The maximum absolute atomic E-state index is 11.9.